The topological polar surface area (TPSA) is 67.4 Å². The molecule has 1 unspecified atom stereocenters. The van der Waals surface area contributed by atoms with Gasteiger partial charge in [0.2, 0.25) is 0 Å². The van der Waals surface area contributed by atoms with E-state index in [2.05, 4.69) is 10.9 Å². The Morgan fingerprint density at radius 1 is 1.33 bits per heavy atom. The van der Waals surface area contributed by atoms with Crippen LogP contribution in [0, 0.1) is 5.82 Å². The predicted octanol–water partition coefficient (Wildman–Crippen LogP) is 1.13. The van der Waals surface area contributed by atoms with E-state index < -0.39 is 12.0 Å². The van der Waals surface area contributed by atoms with E-state index in [0.717, 1.165) is 12.8 Å². The van der Waals surface area contributed by atoms with Crippen molar-refractivity contribution >= 4 is 11.8 Å². The van der Waals surface area contributed by atoms with Crippen LogP contribution in [-0.4, -0.2) is 30.4 Å². The average Bonchev–Trinajstić information content (AvgIpc) is 3.26. The quantitative estimate of drug-likeness (QED) is 0.427. The van der Waals surface area contributed by atoms with Crippen LogP contribution in [0.1, 0.15) is 25.3 Å². The molecule has 1 aliphatic rings. The fourth-order valence-corrected chi connectivity index (χ4v) is 1.83. The molecule has 1 atom stereocenters. The van der Waals surface area contributed by atoms with E-state index in [4.69, 9.17) is 4.74 Å². The van der Waals surface area contributed by atoms with Crippen LogP contribution in [0.25, 0.3) is 0 Å². The summed E-state index contributed by atoms with van der Waals surface area (Å²) in [4.78, 5) is 24.1. The van der Waals surface area contributed by atoms with Crippen molar-refractivity contribution in [2.45, 2.75) is 38.3 Å². The largest absolute Gasteiger partial charge is 0.464 e. The number of carbonyl (C=O) groups is 2. The first-order valence-corrected chi connectivity index (χ1v) is 7.05. The maximum absolute atomic E-state index is 12.8. The van der Waals surface area contributed by atoms with E-state index in [1.54, 1.807) is 6.92 Å². The lowest BCUT2D eigenvalue weighted by atomic mass is 10.0. The molecule has 0 aliphatic heterocycles. The minimum Gasteiger partial charge on any atom is -0.464 e. The summed E-state index contributed by atoms with van der Waals surface area (Å²) in [7, 11) is 0. The Kier molecular flexibility index (Phi) is 5.41. The normalized spacial score (nSPS) is 15.5. The summed E-state index contributed by atoms with van der Waals surface area (Å²) in [5.74, 6) is -1.27. The lowest BCUT2D eigenvalue weighted by Gasteiger charge is -2.16. The second kappa shape index (κ2) is 7.28. The molecule has 2 rings (SSSR count). The molecule has 0 amide bonds. The highest BCUT2D eigenvalue weighted by molar-refractivity contribution is 6.03. The number of hydrogen-bond donors (Lipinski definition) is 2. The summed E-state index contributed by atoms with van der Waals surface area (Å²) in [6, 6.07) is 4.90. The van der Waals surface area contributed by atoms with E-state index >= 15 is 0 Å². The van der Waals surface area contributed by atoms with Gasteiger partial charge in [-0.1, -0.05) is 12.1 Å². The third-order valence-electron chi connectivity index (χ3n) is 3.15. The van der Waals surface area contributed by atoms with Gasteiger partial charge in [-0.2, -0.15) is 0 Å². The van der Waals surface area contributed by atoms with Crippen molar-refractivity contribution in [2.24, 2.45) is 0 Å². The molecule has 1 aromatic rings. The predicted molar refractivity (Wildman–Crippen MR) is 74.8 cm³/mol. The number of ether oxygens (including phenoxy) is 1. The van der Waals surface area contributed by atoms with Crippen molar-refractivity contribution in [1.82, 2.24) is 10.9 Å². The second-order valence-electron chi connectivity index (χ2n) is 5.02. The fraction of sp³-hybridized carbons (Fsp3) is 0.467. The number of hydrogen-bond acceptors (Lipinski definition) is 5. The molecular formula is C15H19FN2O3. The van der Waals surface area contributed by atoms with Crippen LogP contribution in [0.4, 0.5) is 4.39 Å². The molecule has 5 nitrogen and oxygen atoms in total. The highest BCUT2D eigenvalue weighted by Crippen LogP contribution is 2.17. The third kappa shape index (κ3) is 4.91. The maximum Gasteiger partial charge on any atom is 0.332 e. The Labute approximate surface area is 122 Å². The van der Waals surface area contributed by atoms with Crippen molar-refractivity contribution in [2.75, 3.05) is 6.61 Å². The summed E-state index contributed by atoms with van der Waals surface area (Å²) in [5, 5.41) is 0. The van der Waals surface area contributed by atoms with Crippen LogP contribution in [0.15, 0.2) is 24.3 Å². The Hall–Kier alpha value is -1.79. The van der Waals surface area contributed by atoms with Crippen LogP contribution >= 0.6 is 0 Å². The fourth-order valence-electron chi connectivity index (χ4n) is 1.83. The van der Waals surface area contributed by atoms with Gasteiger partial charge in [-0.25, -0.2) is 14.6 Å². The first-order chi connectivity index (χ1) is 10.1. The molecule has 0 spiro atoms. The number of ketones is 1. The third-order valence-corrected chi connectivity index (χ3v) is 3.15. The van der Waals surface area contributed by atoms with Crippen LogP contribution in [0.3, 0.4) is 0 Å². The molecule has 0 aromatic heterocycles. The monoisotopic (exact) mass is 294 g/mol. The molecule has 0 heterocycles. The number of carbonyl (C=O) groups excluding carboxylic acids is 2. The van der Waals surface area contributed by atoms with Gasteiger partial charge in [-0.3, -0.25) is 10.2 Å². The molecule has 0 saturated heterocycles. The molecule has 21 heavy (non-hydrogen) atoms. The van der Waals surface area contributed by atoms with E-state index in [0.29, 0.717) is 11.6 Å². The van der Waals surface area contributed by atoms with Gasteiger partial charge in [0.1, 0.15) is 5.82 Å². The van der Waals surface area contributed by atoms with Crippen LogP contribution in [0.2, 0.25) is 0 Å². The minimum atomic E-state index is -1.05. The first-order valence-electron chi connectivity index (χ1n) is 7.05. The van der Waals surface area contributed by atoms with Crippen LogP contribution < -0.4 is 10.9 Å². The number of Topliss-reactive ketones (excluding diaryl/α,β-unsaturated/α-hetero) is 1. The van der Waals surface area contributed by atoms with Crippen molar-refractivity contribution in [3.05, 3.63) is 35.6 Å². The second-order valence-corrected chi connectivity index (χ2v) is 5.02. The van der Waals surface area contributed by atoms with Crippen LogP contribution in [0.5, 0.6) is 0 Å². The first kappa shape index (κ1) is 15.6. The Morgan fingerprint density at radius 2 is 2.00 bits per heavy atom. The summed E-state index contributed by atoms with van der Waals surface area (Å²) in [6.45, 7) is 1.90. The van der Waals surface area contributed by atoms with E-state index in [1.807, 2.05) is 0 Å². The highest BCUT2D eigenvalue weighted by Gasteiger charge is 2.30. The molecule has 1 saturated carbocycles. The summed E-state index contributed by atoms with van der Waals surface area (Å²) < 4.78 is 17.8. The zero-order chi connectivity index (χ0) is 15.2. The molecular weight excluding hydrogens is 275 g/mol. The summed E-state index contributed by atoms with van der Waals surface area (Å²) in [6.07, 6.45) is 2.09. The van der Waals surface area contributed by atoms with Crippen molar-refractivity contribution in [3.63, 3.8) is 0 Å². The molecule has 1 fully saturated rings. The lowest BCUT2D eigenvalue weighted by Crippen LogP contribution is -2.52. The van der Waals surface area contributed by atoms with Crippen molar-refractivity contribution in [1.29, 1.82) is 0 Å². The minimum absolute atomic E-state index is 0.0447. The standard InChI is InChI=1S/C15H19FN2O3/c1-2-21-15(20)14(18-17-12-7-8-12)13(19)9-10-3-5-11(16)6-4-10/h3-6,12,14,17-18H,2,7-9H2,1H3. The van der Waals surface area contributed by atoms with E-state index in [-0.39, 0.29) is 24.6 Å². The van der Waals surface area contributed by atoms with Gasteiger partial charge in [-0.15, -0.1) is 0 Å². The van der Waals surface area contributed by atoms with Crippen molar-refractivity contribution in [3.8, 4) is 0 Å². The van der Waals surface area contributed by atoms with E-state index in [1.165, 1.54) is 24.3 Å². The van der Waals surface area contributed by atoms with E-state index in [9.17, 15) is 14.0 Å². The molecule has 1 aromatic carbocycles. The number of benzene rings is 1. The zero-order valence-corrected chi connectivity index (χ0v) is 11.9. The molecule has 6 heteroatoms. The Balaban J connectivity index is 1.97. The van der Waals surface area contributed by atoms with Gasteiger partial charge in [-0.05, 0) is 37.5 Å². The van der Waals surface area contributed by atoms with Gasteiger partial charge < -0.3 is 4.74 Å². The number of rotatable bonds is 8. The van der Waals surface area contributed by atoms with Gasteiger partial charge in [0.15, 0.2) is 11.8 Å². The maximum atomic E-state index is 12.8. The lowest BCUT2D eigenvalue weighted by molar-refractivity contribution is -0.149. The van der Waals surface area contributed by atoms with Crippen LogP contribution in [-0.2, 0) is 20.7 Å². The number of hydrazine groups is 1. The van der Waals surface area contributed by atoms with Crippen molar-refractivity contribution < 1.29 is 18.7 Å². The number of esters is 1. The average molecular weight is 294 g/mol. The molecule has 0 radical (unpaired) electrons. The zero-order valence-electron chi connectivity index (χ0n) is 11.9. The molecule has 2 N–H and O–H groups in total. The molecule has 0 bridgehead atoms. The summed E-state index contributed by atoms with van der Waals surface area (Å²) in [5.41, 5.74) is 6.35. The smallest absolute Gasteiger partial charge is 0.332 e. The Morgan fingerprint density at radius 3 is 2.57 bits per heavy atom. The van der Waals surface area contributed by atoms with Gasteiger partial charge in [0.05, 0.1) is 6.61 Å². The SMILES string of the molecule is CCOC(=O)C(NNC1CC1)C(=O)Cc1ccc(F)cc1. The van der Waals surface area contributed by atoms with Gasteiger partial charge in [0, 0.05) is 12.5 Å². The molecule has 114 valence electrons. The number of nitrogens with one attached hydrogen (secondary N) is 2. The highest BCUT2D eigenvalue weighted by atomic mass is 19.1. The molecule has 1 aliphatic carbocycles. The summed E-state index contributed by atoms with van der Waals surface area (Å²) >= 11 is 0. The number of halogens is 1. The van der Waals surface area contributed by atoms with Gasteiger partial charge in [0.25, 0.3) is 0 Å². The van der Waals surface area contributed by atoms with Gasteiger partial charge >= 0.3 is 5.97 Å². The Bertz CT molecular complexity index is 500.